The third kappa shape index (κ3) is 3.17. The molecular weight excluding hydrogens is 274 g/mol. The smallest absolute Gasteiger partial charge is 0.166 e. The van der Waals surface area contributed by atoms with Crippen LogP contribution in [0, 0.1) is 11.6 Å². The highest BCUT2D eigenvalue weighted by Gasteiger charge is 2.15. The van der Waals surface area contributed by atoms with Crippen LogP contribution in [0.2, 0.25) is 5.02 Å². The highest BCUT2D eigenvalue weighted by molar-refractivity contribution is 6.30. The van der Waals surface area contributed by atoms with E-state index in [2.05, 4.69) is 5.10 Å². The summed E-state index contributed by atoms with van der Waals surface area (Å²) >= 11 is 5.43. The Kier molecular flexibility index (Phi) is 3.95. The van der Waals surface area contributed by atoms with E-state index < -0.39 is 17.4 Å². The van der Waals surface area contributed by atoms with Crippen molar-refractivity contribution in [2.24, 2.45) is 7.05 Å². The number of hydrogen-bond donors (Lipinski definition) is 0. The van der Waals surface area contributed by atoms with Crippen LogP contribution in [0.15, 0.2) is 24.5 Å². The minimum absolute atomic E-state index is 0.0870. The predicted molar refractivity (Wildman–Crippen MR) is 67.2 cm³/mol. The molecule has 0 saturated heterocycles. The number of nitrogens with zero attached hydrogens (tertiary/aromatic N) is 2. The van der Waals surface area contributed by atoms with Gasteiger partial charge in [-0.05, 0) is 24.1 Å². The molecule has 0 unspecified atom stereocenters. The molecule has 1 aromatic heterocycles. The lowest BCUT2D eigenvalue weighted by Crippen LogP contribution is -2.05. The first kappa shape index (κ1) is 13.7. The molecule has 0 spiro atoms. The van der Waals surface area contributed by atoms with E-state index in [0.29, 0.717) is 6.42 Å². The summed E-state index contributed by atoms with van der Waals surface area (Å²) < 4.78 is 28.4. The fourth-order valence-corrected chi connectivity index (χ4v) is 1.88. The van der Waals surface area contributed by atoms with E-state index in [1.54, 1.807) is 24.1 Å². The first-order valence-corrected chi connectivity index (χ1v) is 6.00. The number of Topliss-reactive ketones (excluding diaryl/α,β-unsaturated/α-hetero) is 1. The van der Waals surface area contributed by atoms with Gasteiger partial charge < -0.3 is 0 Å². The second-order valence-corrected chi connectivity index (χ2v) is 4.60. The SMILES string of the molecule is Cn1cc(CCC(=O)c2cc(F)c(Cl)cc2F)cn1. The molecule has 100 valence electrons. The minimum atomic E-state index is -0.803. The quantitative estimate of drug-likeness (QED) is 0.638. The van der Waals surface area contributed by atoms with Gasteiger partial charge in [0.1, 0.15) is 11.6 Å². The summed E-state index contributed by atoms with van der Waals surface area (Å²) in [6, 6.07) is 1.65. The van der Waals surface area contributed by atoms with E-state index in [-0.39, 0.29) is 17.0 Å². The molecule has 0 aliphatic carbocycles. The third-order valence-electron chi connectivity index (χ3n) is 2.71. The summed E-state index contributed by atoms with van der Waals surface area (Å²) in [5.41, 5.74) is 0.594. The van der Waals surface area contributed by atoms with Crippen LogP contribution in [0.1, 0.15) is 22.3 Å². The van der Waals surface area contributed by atoms with Crippen LogP contribution in [0.4, 0.5) is 8.78 Å². The van der Waals surface area contributed by atoms with E-state index in [9.17, 15) is 13.6 Å². The fraction of sp³-hybridized carbons (Fsp3) is 0.231. The van der Waals surface area contributed by atoms with Crippen molar-refractivity contribution in [3.8, 4) is 0 Å². The van der Waals surface area contributed by atoms with Crippen LogP contribution in [-0.4, -0.2) is 15.6 Å². The number of benzene rings is 1. The molecule has 0 aliphatic rings. The zero-order valence-corrected chi connectivity index (χ0v) is 10.9. The molecule has 1 aromatic carbocycles. The summed E-state index contributed by atoms with van der Waals surface area (Å²) in [4.78, 5) is 11.8. The molecular formula is C13H11ClF2N2O. The van der Waals surface area contributed by atoms with Crippen LogP contribution in [0.3, 0.4) is 0 Å². The Morgan fingerprint density at radius 1 is 1.37 bits per heavy atom. The fourth-order valence-electron chi connectivity index (χ4n) is 1.73. The van der Waals surface area contributed by atoms with Gasteiger partial charge in [0, 0.05) is 19.7 Å². The molecule has 1 heterocycles. The Morgan fingerprint density at radius 3 is 2.74 bits per heavy atom. The van der Waals surface area contributed by atoms with Crippen molar-refractivity contribution in [1.29, 1.82) is 0 Å². The number of halogens is 3. The molecule has 6 heteroatoms. The summed E-state index contributed by atoms with van der Waals surface area (Å²) in [6.07, 6.45) is 3.91. The Labute approximate surface area is 113 Å². The molecule has 0 atom stereocenters. The number of aryl methyl sites for hydroxylation is 2. The van der Waals surface area contributed by atoms with Crippen molar-refractivity contribution < 1.29 is 13.6 Å². The molecule has 0 bridgehead atoms. The molecule has 0 saturated carbocycles. The summed E-state index contributed by atoms with van der Waals surface area (Å²) in [5, 5.41) is 3.63. The summed E-state index contributed by atoms with van der Waals surface area (Å²) in [6.45, 7) is 0. The first-order valence-electron chi connectivity index (χ1n) is 5.62. The molecule has 3 nitrogen and oxygen atoms in total. The van der Waals surface area contributed by atoms with Gasteiger partial charge in [0.15, 0.2) is 5.78 Å². The maximum Gasteiger partial charge on any atom is 0.166 e. The van der Waals surface area contributed by atoms with Gasteiger partial charge in [-0.1, -0.05) is 11.6 Å². The lowest BCUT2D eigenvalue weighted by molar-refractivity contribution is 0.0978. The number of ketones is 1. The minimum Gasteiger partial charge on any atom is -0.294 e. The van der Waals surface area contributed by atoms with Crippen molar-refractivity contribution in [2.75, 3.05) is 0 Å². The maximum absolute atomic E-state index is 13.5. The molecule has 0 amide bonds. The Bertz CT molecular complexity index is 625. The number of aromatic nitrogens is 2. The Balaban J connectivity index is 2.10. The van der Waals surface area contributed by atoms with Crippen LogP contribution in [0.5, 0.6) is 0 Å². The third-order valence-corrected chi connectivity index (χ3v) is 3.00. The molecule has 0 radical (unpaired) electrons. The lowest BCUT2D eigenvalue weighted by atomic mass is 10.0. The molecule has 0 fully saturated rings. The summed E-state index contributed by atoms with van der Waals surface area (Å²) in [5.74, 6) is -2.06. The predicted octanol–water partition coefficient (Wildman–Crippen LogP) is 3.17. The van der Waals surface area contributed by atoms with E-state index in [4.69, 9.17) is 11.6 Å². The van der Waals surface area contributed by atoms with Crippen molar-refractivity contribution in [2.45, 2.75) is 12.8 Å². The average Bonchev–Trinajstić information content (AvgIpc) is 2.77. The number of carbonyl (C=O) groups is 1. The van der Waals surface area contributed by atoms with Gasteiger partial charge in [-0.2, -0.15) is 5.10 Å². The van der Waals surface area contributed by atoms with Gasteiger partial charge >= 0.3 is 0 Å². The van der Waals surface area contributed by atoms with Crippen LogP contribution >= 0.6 is 11.6 Å². The average molecular weight is 285 g/mol. The Morgan fingerprint density at radius 2 is 2.11 bits per heavy atom. The molecule has 2 rings (SSSR count). The molecule has 2 aromatic rings. The second kappa shape index (κ2) is 5.48. The second-order valence-electron chi connectivity index (χ2n) is 4.19. The van der Waals surface area contributed by atoms with Crippen LogP contribution in [-0.2, 0) is 13.5 Å². The normalized spacial score (nSPS) is 10.7. The van der Waals surface area contributed by atoms with Gasteiger partial charge in [-0.15, -0.1) is 0 Å². The Hall–Kier alpha value is -1.75. The number of hydrogen-bond acceptors (Lipinski definition) is 2. The van der Waals surface area contributed by atoms with Crippen LogP contribution < -0.4 is 0 Å². The largest absolute Gasteiger partial charge is 0.294 e. The highest BCUT2D eigenvalue weighted by atomic mass is 35.5. The zero-order valence-electron chi connectivity index (χ0n) is 10.2. The molecule has 19 heavy (non-hydrogen) atoms. The standard InChI is InChI=1S/C13H11ClF2N2O/c1-18-7-8(6-17-18)2-3-13(19)9-4-12(16)10(14)5-11(9)15/h4-7H,2-3H2,1H3. The van der Waals surface area contributed by atoms with E-state index >= 15 is 0 Å². The molecule has 0 N–H and O–H groups in total. The first-order chi connectivity index (χ1) is 8.97. The number of carbonyl (C=O) groups excluding carboxylic acids is 1. The summed E-state index contributed by atoms with van der Waals surface area (Å²) in [7, 11) is 1.76. The topological polar surface area (TPSA) is 34.9 Å². The number of rotatable bonds is 4. The van der Waals surface area contributed by atoms with Crippen molar-refractivity contribution >= 4 is 17.4 Å². The van der Waals surface area contributed by atoms with E-state index in [1.807, 2.05) is 0 Å². The van der Waals surface area contributed by atoms with Crippen LogP contribution in [0.25, 0.3) is 0 Å². The van der Waals surface area contributed by atoms with Gasteiger partial charge in [0.05, 0.1) is 16.8 Å². The monoisotopic (exact) mass is 284 g/mol. The lowest BCUT2D eigenvalue weighted by Gasteiger charge is -2.03. The van der Waals surface area contributed by atoms with Gasteiger partial charge in [-0.25, -0.2) is 8.78 Å². The van der Waals surface area contributed by atoms with Crippen molar-refractivity contribution in [1.82, 2.24) is 9.78 Å². The maximum atomic E-state index is 13.5. The van der Waals surface area contributed by atoms with Gasteiger partial charge in [0.25, 0.3) is 0 Å². The zero-order chi connectivity index (χ0) is 14.0. The van der Waals surface area contributed by atoms with Crippen molar-refractivity contribution in [3.05, 3.63) is 52.3 Å². The van der Waals surface area contributed by atoms with Crippen molar-refractivity contribution in [3.63, 3.8) is 0 Å². The molecule has 0 aliphatic heterocycles. The van der Waals surface area contributed by atoms with E-state index in [1.165, 1.54) is 0 Å². The van der Waals surface area contributed by atoms with E-state index in [0.717, 1.165) is 17.7 Å². The van der Waals surface area contributed by atoms with Gasteiger partial charge in [0.2, 0.25) is 0 Å². The highest BCUT2D eigenvalue weighted by Crippen LogP contribution is 2.20. The van der Waals surface area contributed by atoms with Gasteiger partial charge in [-0.3, -0.25) is 9.48 Å².